The van der Waals surface area contributed by atoms with Gasteiger partial charge in [-0.25, -0.2) is 4.79 Å². The molecule has 3 amide bonds. The maximum Gasteiger partial charge on any atom is 0.327 e. The van der Waals surface area contributed by atoms with Gasteiger partial charge in [-0.3, -0.25) is 9.69 Å². The van der Waals surface area contributed by atoms with Crippen molar-refractivity contribution < 1.29 is 9.59 Å². The van der Waals surface area contributed by atoms with Gasteiger partial charge < -0.3 is 10.2 Å². The number of hydrogen-bond donors (Lipinski definition) is 1. The van der Waals surface area contributed by atoms with Crippen LogP contribution >= 0.6 is 0 Å². The molecule has 2 saturated heterocycles. The van der Waals surface area contributed by atoms with Crippen LogP contribution in [0.1, 0.15) is 24.0 Å². The lowest BCUT2D eigenvalue weighted by Crippen LogP contribution is -2.69. The minimum atomic E-state index is -0.295. The van der Waals surface area contributed by atoms with Gasteiger partial charge in [0.1, 0.15) is 6.04 Å². The zero-order valence-corrected chi connectivity index (χ0v) is 15.4. The predicted molar refractivity (Wildman–Crippen MR) is 104 cm³/mol. The average molecular weight is 363 g/mol. The standard InChI is InChI=1S/C22H25N3O2/c26-21-20-19(12-7-14-23-20)25(16-18-10-5-2-6-11-18)22(27)24(21)15-13-17-8-3-1-4-9-17/h1-6,8-11,19-20,23H,7,12-16H2. The molecule has 140 valence electrons. The molecule has 2 aromatic rings. The highest BCUT2D eigenvalue weighted by Crippen LogP contribution is 2.26. The molecule has 0 radical (unpaired) electrons. The van der Waals surface area contributed by atoms with E-state index >= 15 is 0 Å². The highest BCUT2D eigenvalue weighted by Gasteiger charge is 2.46. The molecule has 1 N–H and O–H groups in total. The van der Waals surface area contributed by atoms with E-state index in [-0.39, 0.29) is 24.0 Å². The van der Waals surface area contributed by atoms with Crippen molar-refractivity contribution in [1.82, 2.24) is 15.1 Å². The normalized spacial score (nSPS) is 22.7. The summed E-state index contributed by atoms with van der Waals surface area (Å²) in [6, 6.07) is 19.5. The fourth-order valence-electron chi connectivity index (χ4n) is 4.07. The van der Waals surface area contributed by atoms with Gasteiger partial charge in [0.2, 0.25) is 5.91 Å². The number of rotatable bonds is 5. The Morgan fingerprint density at radius 3 is 2.30 bits per heavy atom. The van der Waals surface area contributed by atoms with E-state index in [1.807, 2.05) is 65.6 Å². The van der Waals surface area contributed by atoms with Gasteiger partial charge in [0.05, 0.1) is 6.04 Å². The van der Waals surface area contributed by atoms with Crippen molar-refractivity contribution in [1.29, 1.82) is 0 Å². The average Bonchev–Trinajstić information content (AvgIpc) is 2.72. The van der Waals surface area contributed by atoms with Crippen LogP contribution in [0.5, 0.6) is 0 Å². The van der Waals surface area contributed by atoms with Crippen molar-refractivity contribution in [2.75, 3.05) is 13.1 Å². The van der Waals surface area contributed by atoms with Gasteiger partial charge in [-0.2, -0.15) is 0 Å². The minimum absolute atomic E-state index is 0.0630. The quantitative estimate of drug-likeness (QED) is 0.889. The molecular weight excluding hydrogens is 338 g/mol. The lowest BCUT2D eigenvalue weighted by atomic mass is 9.93. The number of carbonyl (C=O) groups excluding carboxylic acids is 2. The van der Waals surface area contributed by atoms with E-state index in [1.165, 1.54) is 4.90 Å². The SMILES string of the molecule is O=C1C2NCCCC2N(Cc2ccccc2)C(=O)N1CCc1ccccc1. The Morgan fingerprint density at radius 1 is 0.926 bits per heavy atom. The molecule has 5 nitrogen and oxygen atoms in total. The van der Waals surface area contributed by atoms with Crippen LogP contribution in [0, 0.1) is 0 Å². The number of amides is 3. The zero-order chi connectivity index (χ0) is 18.6. The molecule has 0 aromatic heterocycles. The van der Waals surface area contributed by atoms with Crippen molar-refractivity contribution in [2.45, 2.75) is 37.9 Å². The molecule has 2 aromatic carbocycles. The van der Waals surface area contributed by atoms with E-state index in [4.69, 9.17) is 0 Å². The number of fused-ring (bicyclic) bond motifs is 1. The number of urea groups is 1. The number of nitrogens with one attached hydrogen (secondary N) is 1. The second kappa shape index (κ2) is 7.92. The second-order valence-corrected chi connectivity index (χ2v) is 7.26. The van der Waals surface area contributed by atoms with Crippen molar-refractivity contribution in [3.8, 4) is 0 Å². The third-order valence-electron chi connectivity index (χ3n) is 5.50. The Bertz CT molecular complexity index is 794. The molecule has 2 fully saturated rings. The highest BCUT2D eigenvalue weighted by atomic mass is 16.2. The summed E-state index contributed by atoms with van der Waals surface area (Å²) >= 11 is 0. The van der Waals surface area contributed by atoms with E-state index in [0.717, 1.165) is 30.5 Å². The van der Waals surface area contributed by atoms with Crippen molar-refractivity contribution in [3.05, 3.63) is 71.8 Å². The first kappa shape index (κ1) is 17.7. The molecule has 2 atom stereocenters. The van der Waals surface area contributed by atoms with Crippen LogP contribution in [0.4, 0.5) is 4.79 Å². The molecular formula is C22H25N3O2. The Balaban J connectivity index is 1.55. The first-order chi connectivity index (χ1) is 13.2. The fourth-order valence-corrected chi connectivity index (χ4v) is 4.07. The summed E-state index contributed by atoms with van der Waals surface area (Å²) in [7, 11) is 0. The molecule has 2 aliphatic heterocycles. The summed E-state index contributed by atoms with van der Waals surface area (Å²) in [6.45, 7) is 1.78. The number of piperidine rings is 1. The Hall–Kier alpha value is -2.66. The number of carbonyl (C=O) groups is 2. The first-order valence-corrected chi connectivity index (χ1v) is 9.67. The molecule has 4 rings (SSSR count). The van der Waals surface area contributed by atoms with Gasteiger partial charge in [0, 0.05) is 13.1 Å². The lowest BCUT2D eigenvalue weighted by molar-refractivity contribution is -0.137. The largest absolute Gasteiger partial charge is 0.327 e. The molecule has 2 unspecified atom stereocenters. The summed E-state index contributed by atoms with van der Waals surface area (Å²) in [5.41, 5.74) is 2.22. The lowest BCUT2D eigenvalue weighted by Gasteiger charge is -2.47. The molecule has 0 spiro atoms. The number of imide groups is 1. The third-order valence-corrected chi connectivity index (χ3v) is 5.50. The molecule has 0 saturated carbocycles. The van der Waals surface area contributed by atoms with Gasteiger partial charge in [0.15, 0.2) is 0 Å². The van der Waals surface area contributed by atoms with Crippen LogP contribution in [-0.2, 0) is 17.8 Å². The molecule has 5 heteroatoms. The molecule has 2 heterocycles. The topological polar surface area (TPSA) is 52.7 Å². The van der Waals surface area contributed by atoms with Crippen LogP contribution in [0.15, 0.2) is 60.7 Å². The van der Waals surface area contributed by atoms with E-state index in [1.54, 1.807) is 0 Å². The summed E-state index contributed by atoms with van der Waals surface area (Å²) in [5.74, 6) is -0.0788. The van der Waals surface area contributed by atoms with E-state index in [2.05, 4.69) is 5.32 Å². The summed E-state index contributed by atoms with van der Waals surface area (Å²) < 4.78 is 0. The Labute approximate surface area is 160 Å². The van der Waals surface area contributed by atoms with Gasteiger partial charge in [-0.1, -0.05) is 60.7 Å². The smallest absolute Gasteiger partial charge is 0.315 e. The van der Waals surface area contributed by atoms with Crippen LogP contribution in [0.3, 0.4) is 0 Å². The van der Waals surface area contributed by atoms with Gasteiger partial charge >= 0.3 is 6.03 Å². The Kier molecular flexibility index (Phi) is 5.21. The van der Waals surface area contributed by atoms with Gasteiger partial charge in [-0.05, 0) is 36.9 Å². The maximum absolute atomic E-state index is 13.2. The van der Waals surface area contributed by atoms with Crippen LogP contribution in [0.25, 0.3) is 0 Å². The third kappa shape index (κ3) is 3.74. The number of benzene rings is 2. The monoisotopic (exact) mass is 363 g/mol. The van der Waals surface area contributed by atoms with Gasteiger partial charge in [0.25, 0.3) is 0 Å². The second-order valence-electron chi connectivity index (χ2n) is 7.26. The first-order valence-electron chi connectivity index (χ1n) is 9.67. The van der Waals surface area contributed by atoms with Crippen molar-refractivity contribution in [2.24, 2.45) is 0 Å². The molecule has 27 heavy (non-hydrogen) atoms. The fraction of sp³-hybridized carbons (Fsp3) is 0.364. The van der Waals surface area contributed by atoms with E-state index < -0.39 is 0 Å². The van der Waals surface area contributed by atoms with Gasteiger partial charge in [-0.15, -0.1) is 0 Å². The summed E-state index contributed by atoms with van der Waals surface area (Å²) in [4.78, 5) is 29.6. The molecule has 0 bridgehead atoms. The Morgan fingerprint density at radius 2 is 1.59 bits per heavy atom. The van der Waals surface area contributed by atoms with E-state index in [0.29, 0.717) is 19.5 Å². The highest BCUT2D eigenvalue weighted by molar-refractivity contribution is 6.00. The van der Waals surface area contributed by atoms with Crippen LogP contribution < -0.4 is 5.32 Å². The van der Waals surface area contributed by atoms with Crippen LogP contribution in [0.2, 0.25) is 0 Å². The summed E-state index contributed by atoms with van der Waals surface area (Å²) in [6.07, 6.45) is 2.53. The number of hydrogen-bond acceptors (Lipinski definition) is 3. The maximum atomic E-state index is 13.2. The summed E-state index contributed by atoms with van der Waals surface area (Å²) in [5, 5.41) is 3.35. The number of nitrogens with zero attached hydrogens (tertiary/aromatic N) is 2. The van der Waals surface area contributed by atoms with Crippen LogP contribution in [-0.4, -0.2) is 46.9 Å². The predicted octanol–water partition coefficient (Wildman–Crippen LogP) is 2.81. The molecule has 2 aliphatic rings. The minimum Gasteiger partial charge on any atom is -0.315 e. The molecule has 0 aliphatic carbocycles. The van der Waals surface area contributed by atoms with E-state index in [9.17, 15) is 9.59 Å². The van der Waals surface area contributed by atoms with Crippen molar-refractivity contribution in [3.63, 3.8) is 0 Å². The van der Waals surface area contributed by atoms with Crippen molar-refractivity contribution >= 4 is 11.9 Å². The zero-order valence-electron chi connectivity index (χ0n) is 15.4.